The molecule has 0 atom stereocenters. The van der Waals surface area contributed by atoms with Gasteiger partial charge < -0.3 is 10.1 Å². The maximum Gasteiger partial charge on any atom is 0.330 e. The second-order valence-electron chi connectivity index (χ2n) is 5.21. The summed E-state index contributed by atoms with van der Waals surface area (Å²) in [6.45, 7) is 1.88. The summed E-state index contributed by atoms with van der Waals surface area (Å²) in [6, 6.07) is 12.6. The molecule has 9 heteroatoms. The van der Waals surface area contributed by atoms with Crippen LogP contribution in [-0.2, 0) is 24.3 Å². The van der Waals surface area contributed by atoms with Gasteiger partial charge in [-0.05, 0) is 78.0 Å². The third-order valence-corrected chi connectivity index (χ3v) is 5.30. The predicted octanol–water partition coefficient (Wildman–Crippen LogP) is 3.15. The Kier molecular flexibility index (Phi) is 7.36. The predicted molar refractivity (Wildman–Crippen MR) is 111 cm³/mol. The quantitative estimate of drug-likeness (QED) is 0.346. The lowest BCUT2D eigenvalue weighted by atomic mass is 10.3. The molecule has 2 aromatic rings. The second-order valence-corrected chi connectivity index (χ2v) is 8.14. The maximum atomic E-state index is 12.4. The fourth-order valence-corrected chi connectivity index (χ4v) is 3.39. The molecular formula is C18H17IN2O5S. The van der Waals surface area contributed by atoms with Crippen LogP contribution in [0.25, 0.3) is 0 Å². The molecule has 0 aliphatic rings. The number of ether oxygens (including phenoxy) is 1. The van der Waals surface area contributed by atoms with Gasteiger partial charge in [-0.1, -0.05) is 0 Å². The van der Waals surface area contributed by atoms with Crippen molar-refractivity contribution in [2.45, 2.75) is 11.8 Å². The molecule has 0 fully saturated rings. The molecular weight excluding hydrogens is 483 g/mol. The lowest BCUT2D eigenvalue weighted by molar-refractivity contribution is -0.137. The zero-order valence-corrected chi connectivity index (χ0v) is 17.3. The summed E-state index contributed by atoms with van der Waals surface area (Å²) in [4.78, 5) is 23.0. The van der Waals surface area contributed by atoms with Gasteiger partial charge in [0.1, 0.15) is 0 Å². The molecule has 2 N–H and O–H groups in total. The molecule has 0 spiro atoms. The largest absolute Gasteiger partial charge is 0.463 e. The number of rotatable bonds is 7. The molecule has 0 aromatic heterocycles. The van der Waals surface area contributed by atoms with E-state index < -0.39 is 21.9 Å². The summed E-state index contributed by atoms with van der Waals surface area (Å²) in [5.74, 6) is -1.15. The van der Waals surface area contributed by atoms with Crippen LogP contribution in [0.15, 0.2) is 65.6 Å². The smallest absolute Gasteiger partial charge is 0.330 e. The van der Waals surface area contributed by atoms with Crippen molar-refractivity contribution < 1.29 is 22.7 Å². The molecule has 0 aliphatic carbocycles. The molecule has 27 heavy (non-hydrogen) atoms. The van der Waals surface area contributed by atoms with Crippen LogP contribution in [0.2, 0.25) is 0 Å². The van der Waals surface area contributed by atoms with Gasteiger partial charge in [-0.2, -0.15) is 0 Å². The van der Waals surface area contributed by atoms with E-state index in [4.69, 9.17) is 0 Å². The van der Waals surface area contributed by atoms with Crippen LogP contribution in [-0.4, -0.2) is 26.9 Å². The zero-order chi connectivity index (χ0) is 19.9. The lowest BCUT2D eigenvalue weighted by Crippen LogP contribution is -2.13. The minimum absolute atomic E-state index is 0.0566. The number of sulfonamides is 1. The summed E-state index contributed by atoms with van der Waals surface area (Å²) in [7, 11) is -3.74. The first-order chi connectivity index (χ1) is 12.8. The number of carbonyl (C=O) groups excluding carboxylic acids is 2. The fourth-order valence-electron chi connectivity index (χ4n) is 1.97. The summed E-state index contributed by atoms with van der Waals surface area (Å²) in [5.41, 5.74) is 0.846. The van der Waals surface area contributed by atoms with Crippen molar-refractivity contribution in [1.82, 2.24) is 0 Å². The van der Waals surface area contributed by atoms with E-state index in [0.29, 0.717) is 11.4 Å². The highest BCUT2D eigenvalue weighted by Gasteiger charge is 2.14. The van der Waals surface area contributed by atoms with E-state index in [2.05, 4.69) is 37.4 Å². The molecule has 2 rings (SSSR count). The van der Waals surface area contributed by atoms with Crippen LogP contribution < -0.4 is 10.0 Å². The summed E-state index contributed by atoms with van der Waals surface area (Å²) < 4.78 is 32.9. The van der Waals surface area contributed by atoms with E-state index >= 15 is 0 Å². The summed E-state index contributed by atoms with van der Waals surface area (Å²) in [5, 5.41) is 2.52. The highest BCUT2D eigenvalue weighted by atomic mass is 127. The SMILES string of the molecule is CCOC(=O)/C=C/C(=O)Nc1ccc(S(=O)(=O)Nc2ccc(I)cc2)cc1. The molecule has 0 aliphatic heterocycles. The number of hydrogen-bond donors (Lipinski definition) is 2. The molecule has 7 nitrogen and oxygen atoms in total. The molecule has 0 bridgehead atoms. The Labute approximate surface area is 171 Å². The van der Waals surface area contributed by atoms with Crippen molar-refractivity contribution in [3.8, 4) is 0 Å². The molecule has 0 unspecified atom stereocenters. The van der Waals surface area contributed by atoms with Crippen LogP contribution >= 0.6 is 22.6 Å². The first-order valence-electron chi connectivity index (χ1n) is 7.84. The molecule has 0 saturated carbocycles. The van der Waals surface area contributed by atoms with E-state index in [0.717, 1.165) is 15.7 Å². The van der Waals surface area contributed by atoms with Gasteiger partial charge in [0.05, 0.1) is 11.5 Å². The monoisotopic (exact) mass is 500 g/mol. The molecule has 142 valence electrons. The Morgan fingerprint density at radius 2 is 1.59 bits per heavy atom. The van der Waals surface area contributed by atoms with Gasteiger partial charge in [0.25, 0.3) is 10.0 Å². The maximum absolute atomic E-state index is 12.4. The van der Waals surface area contributed by atoms with Gasteiger partial charge in [-0.15, -0.1) is 0 Å². The van der Waals surface area contributed by atoms with Gasteiger partial charge in [-0.3, -0.25) is 9.52 Å². The van der Waals surface area contributed by atoms with Crippen molar-refractivity contribution in [3.63, 3.8) is 0 Å². The topological polar surface area (TPSA) is 102 Å². The minimum Gasteiger partial charge on any atom is -0.463 e. The molecule has 1 amide bonds. The number of carbonyl (C=O) groups is 2. The van der Waals surface area contributed by atoms with E-state index in [1.54, 1.807) is 31.2 Å². The first kappa shape index (κ1) is 20.9. The second kappa shape index (κ2) is 9.51. The summed E-state index contributed by atoms with van der Waals surface area (Å²) >= 11 is 2.13. The Morgan fingerprint density at radius 1 is 1.00 bits per heavy atom. The number of hydrogen-bond acceptors (Lipinski definition) is 5. The van der Waals surface area contributed by atoms with Crippen LogP contribution in [0.4, 0.5) is 11.4 Å². The van der Waals surface area contributed by atoms with E-state index in [1.165, 1.54) is 24.3 Å². The summed E-state index contributed by atoms with van der Waals surface area (Å²) in [6.07, 6.45) is 2.06. The molecule has 0 saturated heterocycles. The number of amides is 1. The van der Waals surface area contributed by atoms with Crippen LogP contribution in [0.5, 0.6) is 0 Å². The van der Waals surface area contributed by atoms with Gasteiger partial charge >= 0.3 is 5.97 Å². The van der Waals surface area contributed by atoms with Gasteiger partial charge in [-0.25, -0.2) is 13.2 Å². The van der Waals surface area contributed by atoms with Crippen molar-refractivity contribution in [3.05, 3.63) is 64.3 Å². The van der Waals surface area contributed by atoms with Crippen molar-refractivity contribution in [2.75, 3.05) is 16.6 Å². The average Bonchev–Trinajstić information content (AvgIpc) is 2.62. The fraction of sp³-hybridized carbons (Fsp3) is 0.111. The zero-order valence-electron chi connectivity index (χ0n) is 14.3. The highest BCUT2D eigenvalue weighted by molar-refractivity contribution is 14.1. The Balaban J connectivity index is 2.02. The van der Waals surface area contributed by atoms with E-state index in [9.17, 15) is 18.0 Å². The lowest BCUT2D eigenvalue weighted by Gasteiger charge is -2.09. The van der Waals surface area contributed by atoms with Crippen molar-refractivity contribution in [1.29, 1.82) is 0 Å². The number of benzene rings is 2. The van der Waals surface area contributed by atoms with Crippen molar-refractivity contribution in [2.24, 2.45) is 0 Å². The van der Waals surface area contributed by atoms with Crippen molar-refractivity contribution >= 4 is 55.9 Å². The van der Waals surface area contributed by atoms with Crippen LogP contribution in [0.3, 0.4) is 0 Å². The standard InChI is InChI=1S/C18H17IN2O5S/c1-2-26-18(23)12-11-17(22)20-14-7-9-16(10-8-14)27(24,25)21-15-5-3-13(19)4-6-15/h3-12,21H,2H2,1H3,(H,20,22)/b12-11+. The van der Waals surface area contributed by atoms with Gasteiger partial charge in [0.15, 0.2) is 0 Å². The Bertz CT molecular complexity index is 939. The third kappa shape index (κ3) is 6.68. The van der Waals surface area contributed by atoms with Gasteiger partial charge in [0, 0.05) is 27.1 Å². The molecule has 2 aromatic carbocycles. The number of anilines is 2. The normalized spacial score (nSPS) is 11.2. The first-order valence-corrected chi connectivity index (χ1v) is 10.4. The average molecular weight is 500 g/mol. The van der Waals surface area contributed by atoms with Gasteiger partial charge in [0.2, 0.25) is 5.91 Å². The number of halogens is 1. The third-order valence-electron chi connectivity index (χ3n) is 3.19. The van der Waals surface area contributed by atoms with Crippen LogP contribution in [0.1, 0.15) is 6.92 Å². The Hall–Kier alpha value is -2.40. The molecule has 0 radical (unpaired) electrons. The van der Waals surface area contributed by atoms with E-state index in [1.807, 2.05) is 0 Å². The van der Waals surface area contributed by atoms with Crippen LogP contribution in [0, 0.1) is 3.57 Å². The van der Waals surface area contributed by atoms with E-state index in [-0.39, 0.29) is 11.5 Å². The minimum atomic E-state index is -3.74. The number of nitrogens with one attached hydrogen (secondary N) is 2. The highest BCUT2D eigenvalue weighted by Crippen LogP contribution is 2.19. The molecule has 0 heterocycles. The number of esters is 1. The Morgan fingerprint density at radius 3 is 2.19 bits per heavy atom.